The quantitative estimate of drug-likeness (QED) is 0.324. The molecule has 100 valence electrons. The minimum atomic E-state index is -2.49. The Morgan fingerprint density at radius 2 is 1.47 bits per heavy atom. The molecular weight excluding hydrogens is 238 g/mol. The highest BCUT2D eigenvalue weighted by atomic mass is 28.4. The molecule has 0 rings (SSSR count). The number of nitrogens with zero attached hydrogens (tertiary/aromatic N) is 1. The summed E-state index contributed by atoms with van der Waals surface area (Å²) < 4.78 is 21.7. The van der Waals surface area contributed by atoms with Crippen LogP contribution >= 0.6 is 0 Å². The van der Waals surface area contributed by atoms with Crippen molar-refractivity contribution >= 4 is 8.80 Å². The summed E-state index contributed by atoms with van der Waals surface area (Å²) in [6.45, 7) is 8.07. The molecule has 17 heavy (non-hydrogen) atoms. The maximum Gasteiger partial charge on any atom is 0.500 e. The van der Waals surface area contributed by atoms with Gasteiger partial charge in [-0.3, -0.25) is 0 Å². The molecule has 0 aliphatic heterocycles. The van der Waals surface area contributed by atoms with Crippen molar-refractivity contribution in [2.24, 2.45) is 0 Å². The molecular formula is C11H23NO4Si. The second-order valence-corrected chi connectivity index (χ2v) is 6.11. The summed E-state index contributed by atoms with van der Waals surface area (Å²) in [7, 11) is -2.49. The molecule has 0 heterocycles. The van der Waals surface area contributed by atoms with E-state index >= 15 is 0 Å². The zero-order valence-electron chi connectivity index (χ0n) is 11.0. The summed E-state index contributed by atoms with van der Waals surface area (Å²) in [5.41, 5.74) is 0. The van der Waals surface area contributed by atoms with Gasteiger partial charge in [-0.15, -0.1) is 0 Å². The van der Waals surface area contributed by atoms with Crippen LogP contribution < -0.4 is 0 Å². The molecule has 0 bridgehead atoms. The Bertz CT molecular complexity index is 203. The first-order valence-electron chi connectivity index (χ1n) is 6.17. The van der Waals surface area contributed by atoms with E-state index in [9.17, 15) is 0 Å². The lowest BCUT2D eigenvalue weighted by Crippen LogP contribution is -2.45. The average molecular weight is 261 g/mol. The second-order valence-electron chi connectivity index (χ2n) is 3.38. The molecule has 0 amide bonds. The lowest BCUT2D eigenvalue weighted by molar-refractivity contribution is 0.0703. The van der Waals surface area contributed by atoms with Gasteiger partial charge in [-0.05, 0) is 33.6 Å². The maximum absolute atomic E-state index is 8.24. The largest absolute Gasteiger partial charge is 0.500 e. The second kappa shape index (κ2) is 10.5. The van der Waals surface area contributed by atoms with Crippen LogP contribution in [-0.4, -0.2) is 35.2 Å². The highest BCUT2D eigenvalue weighted by Crippen LogP contribution is 2.19. The molecule has 0 spiro atoms. The zero-order valence-corrected chi connectivity index (χ0v) is 12.0. The molecule has 6 heteroatoms. The van der Waals surface area contributed by atoms with Gasteiger partial charge in [0.1, 0.15) is 6.61 Å². The molecule has 0 N–H and O–H groups in total. The average Bonchev–Trinajstić information content (AvgIpc) is 2.30. The number of hydrogen-bond donors (Lipinski definition) is 0. The summed E-state index contributed by atoms with van der Waals surface area (Å²) in [5.74, 6) is 0. The molecule has 0 aliphatic rings. The predicted octanol–water partition coefficient (Wildman–Crippen LogP) is 2.31. The third-order valence-corrected chi connectivity index (χ3v) is 5.29. The highest BCUT2D eigenvalue weighted by molar-refractivity contribution is 6.60. The molecule has 0 unspecified atom stereocenters. The monoisotopic (exact) mass is 261 g/mol. The summed E-state index contributed by atoms with van der Waals surface area (Å²) in [6.07, 6.45) is 3.36. The van der Waals surface area contributed by atoms with Crippen LogP contribution in [0.1, 0.15) is 33.6 Å². The number of ether oxygens (including phenoxy) is 1. The van der Waals surface area contributed by atoms with Gasteiger partial charge in [-0.25, -0.2) is 0 Å². The molecule has 0 aromatic rings. The topological polar surface area (TPSA) is 60.7 Å². The summed E-state index contributed by atoms with van der Waals surface area (Å²) >= 11 is 0. The minimum absolute atomic E-state index is 0.450. The number of nitriles is 1. The lowest BCUT2D eigenvalue weighted by atomic mass is 10.4. The van der Waals surface area contributed by atoms with E-state index in [1.165, 1.54) is 0 Å². The van der Waals surface area contributed by atoms with Gasteiger partial charge in [0.15, 0.2) is 0 Å². The predicted molar refractivity (Wildman–Crippen MR) is 66.2 cm³/mol. The molecule has 0 aromatic carbocycles. The normalized spacial score (nSPS) is 11.2. The van der Waals surface area contributed by atoms with Crippen LogP contribution in [0, 0.1) is 11.5 Å². The van der Waals surface area contributed by atoms with Crippen molar-refractivity contribution in [1.29, 1.82) is 5.26 Å². The van der Waals surface area contributed by atoms with Crippen molar-refractivity contribution in [3.05, 3.63) is 0 Å². The molecule has 0 saturated carbocycles. The van der Waals surface area contributed by atoms with Crippen molar-refractivity contribution in [2.75, 3.05) is 26.4 Å². The molecule has 5 nitrogen and oxygen atoms in total. The summed E-state index contributed by atoms with van der Waals surface area (Å²) in [5, 5.41) is 8.24. The van der Waals surface area contributed by atoms with E-state index in [1.807, 2.05) is 20.8 Å². The standard InChI is InChI=1S/C11H23NO4Si/c1-4-14-17(15-5-2,16-6-3)10-8-7-9-13-11-12/h4-10H2,1-3H3. The van der Waals surface area contributed by atoms with E-state index in [1.54, 1.807) is 6.26 Å². The van der Waals surface area contributed by atoms with Gasteiger partial charge in [0.25, 0.3) is 6.26 Å². The van der Waals surface area contributed by atoms with Crippen LogP contribution in [0.25, 0.3) is 0 Å². The van der Waals surface area contributed by atoms with E-state index in [0.29, 0.717) is 26.4 Å². The van der Waals surface area contributed by atoms with Crippen molar-refractivity contribution in [3.63, 3.8) is 0 Å². The van der Waals surface area contributed by atoms with Gasteiger partial charge in [0.2, 0.25) is 0 Å². The van der Waals surface area contributed by atoms with Gasteiger partial charge in [-0.1, -0.05) is 0 Å². The Hall–Kier alpha value is -0.613. The molecule has 0 aliphatic carbocycles. The van der Waals surface area contributed by atoms with Crippen LogP contribution in [0.5, 0.6) is 0 Å². The molecule has 0 radical (unpaired) electrons. The molecule has 0 aromatic heterocycles. The van der Waals surface area contributed by atoms with Crippen molar-refractivity contribution in [2.45, 2.75) is 39.7 Å². The fourth-order valence-electron chi connectivity index (χ4n) is 1.56. The Labute approximate surface area is 105 Å². The number of rotatable bonds is 11. The van der Waals surface area contributed by atoms with Crippen LogP contribution in [0.15, 0.2) is 0 Å². The van der Waals surface area contributed by atoms with Crippen molar-refractivity contribution in [1.82, 2.24) is 0 Å². The smallest absolute Gasteiger partial charge is 0.428 e. The first-order valence-corrected chi connectivity index (χ1v) is 8.10. The Morgan fingerprint density at radius 1 is 0.941 bits per heavy atom. The number of hydrogen-bond acceptors (Lipinski definition) is 5. The van der Waals surface area contributed by atoms with E-state index in [0.717, 1.165) is 18.9 Å². The van der Waals surface area contributed by atoms with Gasteiger partial charge in [0, 0.05) is 25.9 Å². The Morgan fingerprint density at radius 3 is 1.88 bits per heavy atom. The number of unbranched alkanes of at least 4 members (excludes halogenated alkanes) is 1. The SMILES string of the molecule is CCO[Si](CCCCOC#N)(OCC)OCC. The van der Waals surface area contributed by atoms with Crippen molar-refractivity contribution in [3.8, 4) is 6.26 Å². The van der Waals surface area contributed by atoms with E-state index in [4.69, 9.17) is 18.5 Å². The van der Waals surface area contributed by atoms with Crippen molar-refractivity contribution < 1.29 is 18.0 Å². The third-order valence-electron chi connectivity index (χ3n) is 2.14. The first-order chi connectivity index (χ1) is 8.24. The first kappa shape index (κ1) is 16.4. The van der Waals surface area contributed by atoms with E-state index < -0.39 is 8.80 Å². The minimum Gasteiger partial charge on any atom is -0.428 e. The molecule has 0 atom stereocenters. The summed E-state index contributed by atoms with van der Waals surface area (Å²) in [6, 6.07) is 0.775. The third kappa shape index (κ3) is 7.34. The van der Waals surface area contributed by atoms with Crippen LogP contribution in [0.2, 0.25) is 6.04 Å². The van der Waals surface area contributed by atoms with Gasteiger partial charge >= 0.3 is 8.80 Å². The zero-order chi connectivity index (χ0) is 13.0. The highest BCUT2D eigenvalue weighted by Gasteiger charge is 2.39. The fourth-order valence-corrected chi connectivity index (χ4v) is 4.25. The lowest BCUT2D eigenvalue weighted by Gasteiger charge is -2.28. The Kier molecular flexibility index (Phi) is 10.2. The van der Waals surface area contributed by atoms with Crippen LogP contribution in [0.4, 0.5) is 0 Å². The van der Waals surface area contributed by atoms with Gasteiger partial charge in [0.05, 0.1) is 0 Å². The molecule has 0 saturated heterocycles. The van der Waals surface area contributed by atoms with Crippen LogP contribution in [-0.2, 0) is 18.0 Å². The van der Waals surface area contributed by atoms with E-state index in [2.05, 4.69) is 4.74 Å². The van der Waals surface area contributed by atoms with E-state index in [-0.39, 0.29) is 0 Å². The van der Waals surface area contributed by atoms with Crippen LogP contribution in [0.3, 0.4) is 0 Å². The maximum atomic E-state index is 8.24. The Balaban J connectivity index is 4.10. The summed E-state index contributed by atoms with van der Waals surface area (Å²) in [4.78, 5) is 0. The van der Waals surface area contributed by atoms with Gasteiger partial charge in [-0.2, -0.15) is 5.26 Å². The van der Waals surface area contributed by atoms with Gasteiger partial charge < -0.3 is 18.0 Å². The fraction of sp³-hybridized carbons (Fsp3) is 0.909. The molecule has 0 fully saturated rings.